The zero-order valence-electron chi connectivity index (χ0n) is 9.05. The fraction of sp³-hybridized carbons (Fsp3) is 0. The minimum absolute atomic E-state index is 0.0568. The van der Waals surface area contributed by atoms with E-state index >= 15 is 0 Å². The van der Waals surface area contributed by atoms with Crippen LogP contribution >= 0.6 is 0 Å². The van der Waals surface area contributed by atoms with Crippen molar-refractivity contribution in [2.45, 2.75) is 0 Å². The number of ketones is 1. The molecule has 1 aromatic carbocycles. The maximum Gasteiger partial charge on any atom is 0.213 e. The smallest absolute Gasteiger partial charge is 0.213 e. The third-order valence-electron chi connectivity index (χ3n) is 2.73. The van der Waals surface area contributed by atoms with Gasteiger partial charge in [0.1, 0.15) is 5.69 Å². The highest BCUT2D eigenvalue weighted by Crippen LogP contribution is 2.19. The molecule has 3 heteroatoms. The first kappa shape index (κ1) is 9.78. The predicted molar refractivity (Wildman–Crippen MR) is 66.0 cm³/mol. The molecule has 2 heterocycles. The lowest BCUT2D eigenvalue weighted by Gasteiger charge is -2.01. The summed E-state index contributed by atoms with van der Waals surface area (Å²) in [6.07, 6.45) is 3.46. The Bertz CT molecular complexity index is 671. The van der Waals surface area contributed by atoms with Crippen LogP contribution in [0.1, 0.15) is 16.1 Å². The number of carbonyl (C=O) groups is 1. The van der Waals surface area contributed by atoms with Gasteiger partial charge in [0.05, 0.1) is 5.52 Å². The summed E-state index contributed by atoms with van der Waals surface area (Å²) < 4.78 is 0. The minimum atomic E-state index is -0.0568. The van der Waals surface area contributed by atoms with Gasteiger partial charge in [-0.1, -0.05) is 18.2 Å². The molecule has 0 atom stereocenters. The topological polar surface area (TPSA) is 45.8 Å². The molecule has 0 radical (unpaired) electrons. The number of pyridine rings is 1. The van der Waals surface area contributed by atoms with Crippen LogP contribution < -0.4 is 0 Å². The number of nitrogens with one attached hydrogen (secondary N) is 1. The molecule has 0 saturated heterocycles. The van der Waals surface area contributed by atoms with Gasteiger partial charge in [-0.3, -0.25) is 9.78 Å². The molecule has 0 aliphatic rings. The Morgan fingerprint density at radius 1 is 1.06 bits per heavy atom. The van der Waals surface area contributed by atoms with Crippen molar-refractivity contribution in [1.29, 1.82) is 0 Å². The van der Waals surface area contributed by atoms with Crippen molar-refractivity contribution < 1.29 is 4.79 Å². The van der Waals surface area contributed by atoms with Crippen molar-refractivity contribution in [2.75, 3.05) is 0 Å². The second-order valence-electron chi connectivity index (χ2n) is 3.79. The Hall–Kier alpha value is -2.42. The van der Waals surface area contributed by atoms with E-state index in [0.717, 1.165) is 10.9 Å². The molecule has 0 unspecified atom stereocenters. The molecule has 17 heavy (non-hydrogen) atoms. The van der Waals surface area contributed by atoms with Gasteiger partial charge in [-0.25, -0.2) is 0 Å². The summed E-state index contributed by atoms with van der Waals surface area (Å²) in [4.78, 5) is 19.4. The SMILES string of the molecule is O=C(c1ccccn1)c1cccc2cc[nH]c12. The van der Waals surface area contributed by atoms with Crippen LogP contribution in [0.2, 0.25) is 0 Å². The van der Waals surface area contributed by atoms with Crippen molar-refractivity contribution in [3.05, 3.63) is 66.1 Å². The van der Waals surface area contributed by atoms with Crippen molar-refractivity contribution in [3.8, 4) is 0 Å². The van der Waals surface area contributed by atoms with Gasteiger partial charge >= 0.3 is 0 Å². The number of nitrogens with zero attached hydrogens (tertiary/aromatic N) is 1. The number of aromatic nitrogens is 2. The van der Waals surface area contributed by atoms with Gasteiger partial charge in [0.15, 0.2) is 0 Å². The van der Waals surface area contributed by atoms with E-state index < -0.39 is 0 Å². The summed E-state index contributed by atoms with van der Waals surface area (Å²) >= 11 is 0. The quantitative estimate of drug-likeness (QED) is 0.677. The standard InChI is InChI=1S/C14H10N2O/c17-14(12-6-1-2-8-15-12)11-5-3-4-10-7-9-16-13(10)11/h1-9,16H. The van der Waals surface area contributed by atoms with Crippen LogP contribution in [0, 0.1) is 0 Å². The Labute approximate surface area is 98.1 Å². The number of carbonyl (C=O) groups excluding carboxylic acids is 1. The molecule has 3 aromatic rings. The average Bonchev–Trinajstić information content (AvgIpc) is 2.87. The Morgan fingerprint density at radius 2 is 2.00 bits per heavy atom. The maximum absolute atomic E-state index is 12.3. The van der Waals surface area contributed by atoms with Crippen molar-refractivity contribution in [2.24, 2.45) is 0 Å². The summed E-state index contributed by atoms with van der Waals surface area (Å²) in [5.41, 5.74) is 1.99. The van der Waals surface area contributed by atoms with E-state index in [1.807, 2.05) is 36.5 Å². The van der Waals surface area contributed by atoms with Crippen LogP contribution in [0.5, 0.6) is 0 Å². The molecule has 0 saturated carbocycles. The highest BCUT2D eigenvalue weighted by Gasteiger charge is 2.13. The lowest BCUT2D eigenvalue weighted by molar-refractivity contribution is 0.103. The van der Waals surface area contributed by atoms with E-state index in [1.54, 1.807) is 18.3 Å². The van der Waals surface area contributed by atoms with E-state index in [9.17, 15) is 4.79 Å². The zero-order chi connectivity index (χ0) is 11.7. The molecule has 0 fully saturated rings. The van der Waals surface area contributed by atoms with Crippen LogP contribution in [0.3, 0.4) is 0 Å². The molecule has 0 bridgehead atoms. The summed E-state index contributed by atoms with van der Waals surface area (Å²) in [6.45, 7) is 0. The highest BCUT2D eigenvalue weighted by molar-refractivity contribution is 6.14. The maximum atomic E-state index is 12.3. The minimum Gasteiger partial charge on any atom is -0.361 e. The summed E-state index contributed by atoms with van der Waals surface area (Å²) in [7, 11) is 0. The third-order valence-corrected chi connectivity index (χ3v) is 2.73. The first-order valence-electron chi connectivity index (χ1n) is 5.38. The summed E-state index contributed by atoms with van der Waals surface area (Å²) in [5.74, 6) is -0.0568. The number of benzene rings is 1. The largest absolute Gasteiger partial charge is 0.361 e. The number of aromatic amines is 1. The van der Waals surface area contributed by atoms with Crippen LogP contribution in [0.25, 0.3) is 10.9 Å². The van der Waals surface area contributed by atoms with Gasteiger partial charge in [-0.05, 0) is 24.3 Å². The molecular weight excluding hydrogens is 212 g/mol. The fourth-order valence-electron chi connectivity index (χ4n) is 1.91. The van der Waals surface area contributed by atoms with E-state index in [-0.39, 0.29) is 5.78 Å². The Balaban J connectivity index is 2.16. The fourth-order valence-corrected chi connectivity index (χ4v) is 1.91. The number of fused-ring (bicyclic) bond motifs is 1. The van der Waals surface area contributed by atoms with E-state index in [1.165, 1.54) is 0 Å². The first-order valence-corrected chi connectivity index (χ1v) is 5.38. The normalized spacial score (nSPS) is 10.6. The molecule has 0 amide bonds. The van der Waals surface area contributed by atoms with Gasteiger partial charge in [-0.2, -0.15) is 0 Å². The van der Waals surface area contributed by atoms with Crippen LogP contribution in [-0.2, 0) is 0 Å². The van der Waals surface area contributed by atoms with Gasteiger partial charge < -0.3 is 4.98 Å². The van der Waals surface area contributed by atoms with Gasteiger partial charge in [-0.15, -0.1) is 0 Å². The molecule has 0 aliphatic carbocycles. The predicted octanol–water partition coefficient (Wildman–Crippen LogP) is 2.79. The number of hydrogen-bond donors (Lipinski definition) is 1. The molecule has 3 rings (SSSR count). The number of H-pyrrole nitrogens is 1. The number of rotatable bonds is 2. The second kappa shape index (κ2) is 3.87. The molecule has 0 spiro atoms. The van der Waals surface area contributed by atoms with Gasteiger partial charge in [0.2, 0.25) is 5.78 Å². The number of hydrogen-bond acceptors (Lipinski definition) is 2. The average molecular weight is 222 g/mol. The van der Waals surface area contributed by atoms with Crippen molar-refractivity contribution in [1.82, 2.24) is 9.97 Å². The van der Waals surface area contributed by atoms with Crippen LogP contribution in [-0.4, -0.2) is 15.8 Å². The third kappa shape index (κ3) is 1.61. The van der Waals surface area contributed by atoms with E-state index in [2.05, 4.69) is 9.97 Å². The van der Waals surface area contributed by atoms with Crippen LogP contribution in [0.4, 0.5) is 0 Å². The Kier molecular flexibility index (Phi) is 2.22. The number of para-hydroxylation sites is 1. The summed E-state index contributed by atoms with van der Waals surface area (Å²) in [5, 5.41) is 1.03. The van der Waals surface area contributed by atoms with E-state index in [4.69, 9.17) is 0 Å². The molecule has 0 aliphatic heterocycles. The van der Waals surface area contributed by atoms with E-state index in [0.29, 0.717) is 11.3 Å². The van der Waals surface area contributed by atoms with Gasteiger partial charge in [0, 0.05) is 23.3 Å². The molecule has 3 nitrogen and oxygen atoms in total. The van der Waals surface area contributed by atoms with Crippen molar-refractivity contribution >= 4 is 16.7 Å². The molecular formula is C14H10N2O. The van der Waals surface area contributed by atoms with Crippen molar-refractivity contribution in [3.63, 3.8) is 0 Å². The molecule has 1 N–H and O–H groups in total. The second-order valence-corrected chi connectivity index (χ2v) is 3.79. The first-order chi connectivity index (χ1) is 8.36. The van der Waals surface area contributed by atoms with Crippen LogP contribution in [0.15, 0.2) is 54.9 Å². The Morgan fingerprint density at radius 3 is 2.82 bits per heavy atom. The molecule has 2 aromatic heterocycles. The molecule has 82 valence electrons. The lowest BCUT2D eigenvalue weighted by Crippen LogP contribution is -2.04. The monoisotopic (exact) mass is 222 g/mol. The van der Waals surface area contributed by atoms with Gasteiger partial charge in [0.25, 0.3) is 0 Å². The summed E-state index contributed by atoms with van der Waals surface area (Å²) in [6, 6.07) is 13.0. The zero-order valence-corrected chi connectivity index (χ0v) is 9.05. The lowest BCUT2D eigenvalue weighted by atomic mass is 10.1. The highest BCUT2D eigenvalue weighted by atomic mass is 16.1.